The van der Waals surface area contributed by atoms with Crippen molar-refractivity contribution in [1.82, 2.24) is 4.90 Å². The van der Waals surface area contributed by atoms with Crippen LogP contribution in [-0.4, -0.2) is 66.7 Å². The van der Waals surface area contributed by atoms with E-state index in [0.717, 1.165) is 12.8 Å². The summed E-state index contributed by atoms with van der Waals surface area (Å²) in [6.07, 6.45) is 0.552. The van der Waals surface area contributed by atoms with Crippen LogP contribution in [0.25, 0.3) is 0 Å². The van der Waals surface area contributed by atoms with Gasteiger partial charge in [0.2, 0.25) is 0 Å². The minimum atomic E-state index is -0.593. The highest BCUT2D eigenvalue weighted by atomic mass is 16.6. The molecule has 0 aliphatic carbocycles. The van der Waals surface area contributed by atoms with E-state index in [1.165, 1.54) is 6.92 Å². The minimum absolute atomic E-state index is 0.227. The number of unbranched alkanes of at least 4 members (excludes halogenated alkanes) is 1. The molecule has 2 aliphatic rings. The Balaban J connectivity index is 2.11. The number of hydrogen-bond donors (Lipinski definition) is 0. The molecule has 0 saturated carbocycles. The Bertz CT molecular complexity index is 460. The van der Waals surface area contributed by atoms with Crippen LogP contribution in [0.4, 0.5) is 4.79 Å². The Kier molecular flexibility index (Phi) is 6.09. The number of carbonyl (C=O) groups excluding carboxylic acids is 2. The van der Waals surface area contributed by atoms with Crippen molar-refractivity contribution in [1.29, 1.82) is 0 Å². The zero-order chi connectivity index (χ0) is 17.9. The molecular formula is C17H29NO6. The van der Waals surface area contributed by atoms with Gasteiger partial charge in [0.15, 0.2) is 0 Å². The van der Waals surface area contributed by atoms with Crippen molar-refractivity contribution in [2.24, 2.45) is 0 Å². The number of likely N-dealkylation sites (tertiary alicyclic amines) is 1. The van der Waals surface area contributed by atoms with Crippen molar-refractivity contribution >= 4 is 12.1 Å². The van der Waals surface area contributed by atoms with Crippen LogP contribution in [0.3, 0.4) is 0 Å². The molecule has 2 heterocycles. The molecule has 7 heteroatoms. The van der Waals surface area contributed by atoms with Crippen LogP contribution in [0.2, 0.25) is 0 Å². The highest BCUT2D eigenvalue weighted by Gasteiger charge is 2.55. The average molecular weight is 343 g/mol. The third-order valence-electron chi connectivity index (χ3n) is 4.05. The third kappa shape index (κ3) is 4.60. The van der Waals surface area contributed by atoms with Crippen molar-refractivity contribution in [3.63, 3.8) is 0 Å². The number of ether oxygens (including phenoxy) is 4. The quantitative estimate of drug-likeness (QED) is 0.562. The molecule has 24 heavy (non-hydrogen) atoms. The highest BCUT2D eigenvalue weighted by molar-refractivity contribution is 5.70. The van der Waals surface area contributed by atoms with Gasteiger partial charge in [-0.05, 0) is 27.2 Å². The lowest BCUT2D eigenvalue weighted by Gasteiger charge is -2.29. The van der Waals surface area contributed by atoms with Gasteiger partial charge in [0.1, 0.15) is 30.0 Å². The first kappa shape index (κ1) is 19.0. The summed E-state index contributed by atoms with van der Waals surface area (Å²) in [5, 5.41) is 0. The third-order valence-corrected chi connectivity index (χ3v) is 4.05. The van der Waals surface area contributed by atoms with Gasteiger partial charge in [-0.1, -0.05) is 13.3 Å². The molecule has 1 amide bonds. The molecule has 0 spiro atoms. The molecule has 0 aromatic carbocycles. The molecule has 4 atom stereocenters. The molecule has 2 aliphatic heterocycles. The number of hydrogen-bond acceptors (Lipinski definition) is 6. The number of esters is 1. The lowest BCUT2D eigenvalue weighted by atomic mass is 10.1. The van der Waals surface area contributed by atoms with Gasteiger partial charge in [0.05, 0.1) is 13.2 Å². The van der Waals surface area contributed by atoms with Crippen molar-refractivity contribution in [3.8, 4) is 0 Å². The molecule has 0 aromatic heterocycles. The monoisotopic (exact) mass is 343 g/mol. The molecule has 0 aromatic rings. The first-order valence-corrected chi connectivity index (χ1v) is 8.63. The van der Waals surface area contributed by atoms with E-state index in [1.807, 2.05) is 20.8 Å². The van der Waals surface area contributed by atoms with Gasteiger partial charge in [0, 0.05) is 13.5 Å². The maximum Gasteiger partial charge on any atom is 0.410 e. The van der Waals surface area contributed by atoms with Crippen molar-refractivity contribution in [2.75, 3.05) is 19.8 Å². The van der Waals surface area contributed by atoms with Gasteiger partial charge in [0.25, 0.3) is 0 Å². The van der Waals surface area contributed by atoms with Crippen LogP contribution in [0.1, 0.15) is 47.5 Å². The van der Waals surface area contributed by atoms with E-state index >= 15 is 0 Å². The van der Waals surface area contributed by atoms with E-state index in [4.69, 9.17) is 18.9 Å². The molecule has 138 valence electrons. The molecular weight excluding hydrogens is 314 g/mol. The van der Waals surface area contributed by atoms with Crippen molar-refractivity contribution in [2.45, 2.75) is 77.4 Å². The van der Waals surface area contributed by atoms with Gasteiger partial charge >= 0.3 is 12.1 Å². The molecule has 0 radical (unpaired) electrons. The average Bonchev–Trinajstić information content (AvgIpc) is 2.99. The van der Waals surface area contributed by atoms with E-state index < -0.39 is 17.8 Å². The van der Waals surface area contributed by atoms with Crippen LogP contribution >= 0.6 is 0 Å². The van der Waals surface area contributed by atoms with E-state index in [9.17, 15) is 9.59 Å². The second kappa shape index (κ2) is 7.70. The maximum atomic E-state index is 12.6. The number of fused-ring (bicyclic) bond motifs is 1. The number of amides is 1. The Hall–Kier alpha value is -1.34. The van der Waals surface area contributed by atoms with Crippen molar-refractivity contribution in [3.05, 3.63) is 0 Å². The van der Waals surface area contributed by atoms with Crippen LogP contribution in [0.5, 0.6) is 0 Å². The lowest BCUT2D eigenvalue weighted by Crippen LogP contribution is -2.47. The summed E-state index contributed by atoms with van der Waals surface area (Å²) in [4.78, 5) is 25.5. The van der Waals surface area contributed by atoms with E-state index in [1.54, 1.807) is 4.90 Å². The number of rotatable bonds is 5. The summed E-state index contributed by atoms with van der Waals surface area (Å²) in [5.41, 5.74) is -0.593. The zero-order valence-corrected chi connectivity index (χ0v) is 15.2. The summed E-state index contributed by atoms with van der Waals surface area (Å²) in [7, 11) is 0. The second-order valence-corrected chi connectivity index (χ2v) is 7.33. The van der Waals surface area contributed by atoms with Gasteiger partial charge in [-0.2, -0.15) is 0 Å². The molecule has 2 saturated heterocycles. The second-order valence-electron chi connectivity index (χ2n) is 7.33. The largest absolute Gasteiger partial charge is 0.458 e. The number of carbonyl (C=O) groups is 2. The standard InChI is InChI=1S/C17H29NO6/c1-6-7-8-21-12-9-18(16(20)24-17(3,4)5)14-13(23-11(2)19)10-22-15(12)14/h12-15H,6-10H2,1-5H3/t12-,13+,14-,15?/m1/s1. The van der Waals surface area contributed by atoms with Gasteiger partial charge in [-0.3, -0.25) is 9.69 Å². The first-order chi connectivity index (χ1) is 11.2. The predicted octanol–water partition coefficient (Wildman–Crippen LogP) is 2.12. The van der Waals surface area contributed by atoms with E-state index in [0.29, 0.717) is 13.2 Å². The van der Waals surface area contributed by atoms with Crippen LogP contribution < -0.4 is 0 Å². The summed E-state index contributed by atoms with van der Waals surface area (Å²) in [6, 6.07) is -0.365. The van der Waals surface area contributed by atoms with Crippen molar-refractivity contribution < 1.29 is 28.5 Å². The molecule has 1 unspecified atom stereocenters. The maximum absolute atomic E-state index is 12.6. The first-order valence-electron chi connectivity index (χ1n) is 8.63. The predicted molar refractivity (Wildman–Crippen MR) is 86.7 cm³/mol. The SMILES string of the molecule is CCCCO[C@@H]1CN(C(=O)OC(C)(C)C)[C@H]2C1OC[C@@H]2OC(C)=O. The van der Waals surface area contributed by atoms with E-state index in [-0.39, 0.29) is 30.8 Å². The summed E-state index contributed by atoms with van der Waals surface area (Å²) >= 11 is 0. The molecule has 0 bridgehead atoms. The minimum Gasteiger partial charge on any atom is -0.458 e. The lowest BCUT2D eigenvalue weighted by molar-refractivity contribution is -0.148. The Morgan fingerprint density at radius 3 is 2.54 bits per heavy atom. The van der Waals surface area contributed by atoms with Gasteiger partial charge < -0.3 is 18.9 Å². The van der Waals surface area contributed by atoms with Gasteiger partial charge in [-0.15, -0.1) is 0 Å². The molecule has 7 nitrogen and oxygen atoms in total. The van der Waals surface area contributed by atoms with Crippen LogP contribution in [0.15, 0.2) is 0 Å². The van der Waals surface area contributed by atoms with Crippen LogP contribution in [0, 0.1) is 0 Å². The van der Waals surface area contributed by atoms with Crippen LogP contribution in [-0.2, 0) is 23.7 Å². The normalized spacial score (nSPS) is 29.5. The van der Waals surface area contributed by atoms with E-state index in [2.05, 4.69) is 6.92 Å². The fraction of sp³-hybridized carbons (Fsp3) is 0.882. The van der Waals surface area contributed by atoms with Gasteiger partial charge in [-0.25, -0.2) is 4.79 Å². The Morgan fingerprint density at radius 1 is 1.25 bits per heavy atom. The topological polar surface area (TPSA) is 74.3 Å². The zero-order valence-electron chi connectivity index (χ0n) is 15.2. The molecule has 2 fully saturated rings. The Morgan fingerprint density at radius 2 is 1.96 bits per heavy atom. The number of nitrogens with zero attached hydrogens (tertiary/aromatic N) is 1. The summed E-state index contributed by atoms with van der Waals surface area (Å²) < 4.78 is 22.5. The summed E-state index contributed by atoms with van der Waals surface area (Å²) in [5.74, 6) is -0.385. The molecule has 2 rings (SSSR count). The fourth-order valence-electron chi connectivity index (χ4n) is 3.10. The molecule has 0 N–H and O–H groups in total. The summed E-state index contributed by atoms with van der Waals surface area (Å²) in [6.45, 7) is 10.2. The Labute approximate surface area is 143 Å². The fourth-order valence-corrected chi connectivity index (χ4v) is 3.10. The smallest absolute Gasteiger partial charge is 0.410 e. The highest BCUT2D eigenvalue weighted by Crippen LogP contribution is 2.34.